The van der Waals surface area contributed by atoms with E-state index in [0.717, 1.165) is 25.8 Å². The van der Waals surface area contributed by atoms with Crippen molar-refractivity contribution in [1.29, 1.82) is 0 Å². The summed E-state index contributed by atoms with van der Waals surface area (Å²) in [6, 6.07) is 8.74. The van der Waals surface area contributed by atoms with E-state index in [4.69, 9.17) is 5.73 Å². The van der Waals surface area contributed by atoms with Crippen molar-refractivity contribution in [3.63, 3.8) is 0 Å². The Kier molecular flexibility index (Phi) is 4.74. The number of aryl methyl sites for hydroxylation is 3. The highest BCUT2D eigenvalue weighted by Crippen LogP contribution is 2.11. The first-order chi connectivity index (χ1) is 9.24. The zero-order valence-corrected chi connectivity index (χ0v) is 11.9. The Morgan fingerprint density at radius 1 is 1.11 bits per heavy atom. The molecule has 0 fully saturated rings. The van der Waals surface area contributed by atoms with Crippen LogP contribution in [-0.2, 0) is 25.8 Å². The molecule has 3 heteroatoms. The molecule has 2 aromatic rings. The summed E-state index contributed by atoms with van der Waals surface area (Å²) < 4.78 is 2.29. The van der Waals surface area contributed by atoms with E-state index in [2.05, 4.69) is 47.7 Å². The highest BCUT2D eigenvalue weighted by Gasteiger charge is 2.07. The van der Waals surface area contributed by atoms with Crippen molar-refractivity contribution >= 4 is 0 Å². The molecule has 0 aliphatic rings. The molecule has 19 heavy (non-hydrogen) atoms. The van der Waals surface area contributed by atoms with Crippen molar-refractivity contribution in [2.24, 2.45) is 5.73 Å². The van der Waals surface area contributed by atoms with Crippen LogP contribution >= 0.6 is 0 Å². The second-order valence-corrected chi connectivity index (χ2v) is 4.93. The molecule has 2 N–H and O–H groups in total. The minimum atomic E-state index is 0.684. The lowest BCUT2D eigenvalue weighted by molar-refractivity contribution is 0.654. The number of aromatic nitrogens is 2. The van der Waals surface area contributed by atoms with Crippen LogP contribution in [0.15, 0.2) is 30.5 Å². The van der Waals surface area contributed by atoms with Crippen LogP contribution < -0.4 is 5.73 Å². The van der Waals surface area contributed by atoms with Crippen molar-refractivity contribution in [1.82, 2.24) is 9.55 Å². The largest absolute Gasteiger partial charge is 0.332 e. The van der Waals surface area contributed by atoms with Crippen LogP contribution in [0.2, 0.25) is 0 Å². The fourth-order valence-corrected chi connectivity index (χ4v) is 2.40. The predicted molar refractivity (Wildman–Crippen MR) is 79.2 cm³/mol. The lowest BCUT2D eigenvalue weighted by Crippen LogP contribution is -2.11. The van der Waals surface area contributed by atoms with Gasteiger partial charge in [-0.2, -0.15) is 0 Å². The van der Waals surface area contributed by atoms with Crippen molar-refractivity contribution in [3.05, 3.63) is 53.1 Å². The van der Waals surface area contributed by atoms with Gasteiger partial charge in [0.1, 0.15) is 5.82 Å². The summed E-state index contributed by atoms with van der Waals surface area (Å²) in [6.07, 6.45) is 4.91. The number of hydrogen-bond acceptors (Lipinski definition) is 2. The average molecular weight is 257 g/mol. The van der Waals surface area contributed by atoms with Crippen LogP contribution in [-0.4, -0.2) is 16.1 Å². The first-order valence-electron chi connectivity index (χ1n) is 7.03. The minimum absolute atomic E-state index is 0.684. The molecule has 0 spiro atoms. The van der Waals surface area contributed by atoms with Gasteiger partial charge < -0.3 is 10.3 Å². The summed E-state index contributed by atoms with van der Waals surface area (Å²) in [5.41, 5.74) is 9.57. The van der Waals surface area contributed by atoms with Gasteiger partial charge in [0.25, 0.3) is 0 Å². The number of hydrogen-bond donors (Lipinski definition) is 1. The normalized spacial score (nSPS) is 10.9. The first kappa shape index (κ1) is 13.8. The molecule has 0 unspecified atom stereocenters. The number of nitrogens with two attached hydrogens (primary N) is 1. The number of rotatable bonds is 6. The van der Waals surface area contributed by atoms with Gasteiger partial charge in [-0.15, -0.1) is 0 Å². The lowest BCUT2D eigenvalue weighted by atomic mass is 10.1. The van der Waals surface area contributed by atoms with E-state index in [9.17, 15) is 0 Å². The Bertz CT molecular complexity index is 511. The van der Waals surface area contributed by atoms with Crippen LogP contribution in [0.1, 0.15) is 29.6 Å². The highest BCUT2D eigenvalue weighted by molar-refractivity contribution is 5.22. The molecule has 1 aromatic carbocycles. The van der Waals surface area contributed by atoms with Gasteiger partial charge in [-0.1, -0.05) is 29.8 Å². The Labute approximate surface area is 115 Å². The summed E-state index contributed by atoms with van der Waals surface area (Å²) >= 11 is 0. The van der Waals surface area contributed by atoms with E-state index in [1.807, 2.05) is 6.20 Å². The smallest absolute Gasteiger partial charge is 0.109 e. The third-order valence-corrected chi connectivity index (χ3v) is 3.50. The van der Waals surface area contributed by atoms with Crippen LogP contribution in [0, 0.1) is 6.92 Å². The molecule has 2 rings (SSSR count). The first-order valence-corrected chi connectivity index (χ1v) is 7.03. The summed E-state index contributed by atoms with van der Waals surface area (Å²) in [6.45, 7) is 5.94. The number of benzene rings is 1. The summed E-state index contributed by atoms with van der Waals surface area (Å²) in [5, 5.41) is 0. The van der Waals surface area contributed by atoms with E-state index < -0.39 is 0 Å². The molecule has 102 valence electrons. The fraction of sp³-hybridized carbons (Fsp3) is 0.438. The van der Waals surface area contributed by atoms with E-state index >= 15 is 0 Å². The standard InChI is InChI=1S/C16H23N3/c1-3-19-15(10-11-17)12-18-16(19)9-8-14-6-4-13(2)5-7-14/h4-7,12H,3,8-11,17H2,1-2H3. The van der Waals surface area contributed by atoms with Gasteiger partial charge in [0.15, 0.2) is 0 Å². The average Bonchev–Trinajstić information content (AvgIpc) is 2.81. The maximum atomic E-state index is 5.63. The number of nitrogens with zero attached hydrogens (tertiary/aromatic N) is 2. The van der Waals surface area contributed by atoms with Gasteiger partial charge in [-0.05, 0) is 32.4 Å². The van der Waals surface area contributed by atoms with Gasteiger partial charge in [0.2, 0.25) is 0 Å². The molecule has 1 aromatic heterocycles. The Balaban J connectivity index is 2.04. The van der Waals surface area contributed by atoms with Crippen molar-refractivity contribution in [3.8, 4) is 0 Å². The fourth-order valence-electron chi connectivity index (χ4n) is 2.40. The van der Waals surface area contributed by atoms with E-state index in [0.29, 0.717) is 6.54 Å². The SMILES string of the molecule is CCn1c(CCN)cnc1CCc1ccc(C)cc1. The molecule has 0 saturated carbocycles. The maximum absolute atomic E-state index is 5.63. The monoisotopic (exact) mass is 257 g/mol. The summed E-state index contributed by atoms with van der Waals surface area (Å²) in [4.78, 5) is 4.55. The zero-order valence-electron chi connectivity index (χ0n) is 11.9. The van der Waals surface area contributed by atoms with Crippen molar-refractivity contribution in [2.45, 2.75) is 39.7 Å². The predicted octanol–water partition coefficient (Wildman–Crippen LogP) is 2.50. The van der Waals surface area contributed by atoms with Gasteiger partial charge in [0, 0.05) is 31.3 Å². The third-order valence-electron chi connectivity index (χ3n) is 3.50. The molecule has 0 aliphatic heterocycles. The summed E-state index contributed by atoms with van der Waals surface area (Å²) in [5.74, 6) is 1.17. The lowest BCUT2D eigenvalue weighted by Gasteiger charge is -2.09. The van der Waals surface area contributed by atoms with Crippen molar-refractivity contribution < 1.29 is 0 Å². The van der Waals surface area contributed by atoms with Gasteiger partial charge in [-0.25, -0.2) is 4.98 Å². The Morgan fingerprint density at radius 2 is 1.84 bits per heavy atom. The summed E-state index contributed by atoms with van der Waals surface area (Å²) in [7, 11) is 0. The van der Waals surface area contributed by atoms with E-state index in [-0.39, 0.29) is 0 Å². The van der Waals surface area contributed by atoms with E-state index in [1.54, 1.807) is 0 Å². The molecule has 0 radical (unpaired) electrons. The minimum Gasteiger partial charge on any atom is -0.332 e. The van der Waals surface area contributed by atoms with Gasteiger partial charge in [-0.3, -0.25) is 0 Å². The second kappa shape index (κ2) is 6.53. The van der Waals surface area contributed by atoms with Crippen LogP contribution in [0.4, 0.5) is 0 Å². The molecular weight excluding hydrogens is 234 g/mol. The Morgan fingerprint density at radius 3 is 2.47 bits per heavy atom. The second-order valence-electron chi connectivity index (χ2n) is 4.93. The molecule has 0 bridgehead atoms. The highest BCUT2D eigenvalue weighted by atomic mass is 15.1. The topological polar surface area (TPSA) is 43.8 Å². The molecule has 1 heterocycles. The van der Waals surface area contributed by atoms with E-state index in [1.165, 1.54) is 22.6 Å². The third kappa shape index (κ3) is 3.44. The molecule has 0 saturated heterocycles. The quantitative estimate of drug-likeness (QED) is 0.864. The number of imidazole rings is 1. The van der Waals surface area contributed by atoms with Crippen LogP contribution in [0.25, 0.3) is 0 Å². The molecule has 0 amide bonds. The zero-order chi connectivity index (χ0) is 13.7. The van der Waals surface area contributed by atoms with Gasteiger partial charge in [0.05, 0.1) is 0 Å². The molecule has 0 atom stereocenters. The molecular formula is C16H23N3. The van der Waals surface area contributed by atoms with Crippen LogP contribution in [0.5, 0.6) is 0 Å². The Hall–Kier alpha value is -1.61. The van der Waals surface area contributed by atoms with Gasteiger partial charge >= 0.3 is 0 Å². The maximum Gasteiger partial charge on any atom is 0.109 e. The van der Waals surface area contributed by atoms with Crippen molar-refractivity contribution in [2.75, 3.05) is 6.54 Å². The molecule has 0 aliphatic carbocycles. The molecule has 3 nitrogen and oxygen atoms in total. The van der Waals surface area contributed by atoms with Crippen LogP contribution in [0.3, 0.4) is 0 Å².